The van der Waals surface area contributed by atoms with E-state index < -0.39 is 0 Å². The molecule has 4 nitrogen and oxygen atoms in total. The number of hydrogen-bond acceptors (Lipinski definition) is 4. The van der Waals surface area contributed by atoms with Crippen LogP contribution in [-0.4, -0.2) is 18.1 Å². The molecule has 1 aromatic carbocycles. The molecule has 0 aliphatic carbocycles. The maximum atomic E-state index is 5.71. The first-order valence-corrected chi connectivity index (χ1v) is 6.88. The zero-order valence-electron chi connectivity index (χ0n) is 11.9. The van der Waals surface area contributed by atoms with Crippen molar-refractivity contribution < 1.29 is 9.47 Å². The Labute approximate surface area is 119 Å². The van der Waals surface area contributed by atoms with Crippen molar-refractivity contribution in [2.45, 2.75) is 20.4 Å². The average molecular weight is 272 g/mol. The lowest BCUT2D eigenvalue weighted by molar-refractivity contribution is 0.338. The lowest BCUT2D eigenvalue weighted by atomic mass is 10.3. The van der Waals surface area contributed by atoms with Crippen molar-refractivity contribution in [3.05, 3.63) is 48.2 Å². The lowest BCUT2D eigenvalue weighted by Gasteiger charge is -2.08. The van der Waals surface area contributed by atoms with Crippen molar-refractivity contribution >= 4 is 0 Å². The van der Waals surface area contributed by atoms with Crippen LogP contribution < -0.4 is 14.8 Å². The van der Waals surface area contributed by atoms with E-state index in [1.807, 2.05) is 49.5 Å². The van der Waals surface area contributed by atoms with Crippen LogP contribution in [0.25, 0.3) is 0 Å². The summed E-state index contributed by atoms with van der Waals surface area (Å²) in [5.41, 5.74) is 1.14. The maximum absolute atomic E-state index is 5.71. The highest BCUT2D eigenvalue weighted by Crippen LogP contribution is 2.24. The van der Waals surface area contributed by atoms with Crippen LogP contribution in [0, 0.1) is 0 Å². The Bertz CT molecular complexity index is 526. The Morgan fingerprint density at radius 3 is 2.65 bits per heavy atom. The summed E-state index contributed by atoms with van der Waals surface area (Å²) < 4.78 is 11.2. The van der Waals surface area contributed by atoms with E-state index in [9.17, 15) is 0 Å². The largest absolute Gasteiger partial charge is 0.494 e. The topological polar surface area (TPSA) is 43.4 Å². The number of rotatable bonds is 7. The van der Waals surface area contributed by atoms with Crippen LogP contribution in [0.5, 0.6) is 17.4 Å². The van der Waals surface area contributed by atoms with Crippen LogP contribution in [0.3, 0.4) is 0 Å². The number of nitrogens with zero attached hydrogens (tertiary/aromatic N) is 1. The first-order valence-electron chi connectivity index (χ1n) is 6.88. The van der Waals surface area contributed by atoms with Crippen LogP contribution in [0.15, 0.2) is 42.6 Å². The van der Waals surface area contributed by atoms with Gasteiger partial charge in [-0.05, 0) is 31.2 Å². The lowest BCUT2D eigenvalue weighted by Crippen LogP contribution is -2.11. The molecular weight excluding hydrogens is 252 g/mol. The number of hydrogen-bond donors (Lipinski definition) is 1. The van der Waals surface area contributed by atoms with Crippen LogP contribution in [0.4, 0.5) is 0 Å². The molecule has 0 spiro atoms. The molecule has 2 aromatic rings. The Balaban J connectivity index is 2.00. The van der Waals surface area contributed by atoms with Crippen LogP contribution >= 0.6 is 0 Å². The highest BCUT2D eigenvalue weighted by atomic mass is 16.5. The summed E-state index contributed by atoms with van der Waals surface area (Å²) in [6.07, 6.45) is 1.82. The molecule has 0 radical (unpaired) electrons. The summed E-state index contributed by atoms with van der Waals surface area (Å²) in [6.45, 7) is 6.45. The second-order valence-corrected chi connectivity index (χ2v) is 4.29. The molecule has 0 atom stereocenters. The van der Waals surface area contributed by atoms with E-state index in [4.69, 9.17) is 9.47 Å². The van der Waals surface area contributed by atoms with E-state index in [1.54, 1.807) is 0 Å². The Morgan fingerprint density at radius 1 is 1.10 bits per heavy atom. The van der Waals surface area contributed by atoms with Gasteiger partial charge in [0.2, 0.25) is 5.88 Å². The number of ether oxygens (including phenoxy) is 2. The van der Waals surface area contributed by atoms with Crippen molar-refractivity contribution in [3.63, 3.8) is 0 Å². The van der Waals surface area contributed by atoms with Gasteiger partial charge in [0.15, 0.2) is 0 Å². The molecule has 0 aliphatic heterocycles. The fourth-order valence-corrected chi connectivity index (χ4v) is 1.76. The van der Waals surface area contributed by atoms with E-state index in [-0.39, 0.29) is 0 Å². The quantitative estimate of drug-likeness (QED) is 0.839. The maximum Gasteiger partial charge on any atom is 0.219 e. The third kappa shape index (κ3) is 4.24. The standard InChI is InChI=1S/C16H20N2O2/c1-3-17-11-13-8-9-16(18-12-13)20-15-7-5-6-14(10-15)19-4-2/h5-10,12,17H,3-4,11H2,1-2H3. The SMILES string of the molecule is CCNCc1ccc(Oc2cccc(OCC)c2)nc1. The van der Waals surface area contributed by atoms with Crippen LogP contribution in [0.1, 0.15) is 19.4 Å². The van der Waals surface area contributed by atoms with Crippen molar-refractivity contribution in [1.82, 2.24) is 10.3 Å². The molecule has 20 heavy (non-hydrogen) atoms. The molecule has 0 unspecified atom stereocenters. The number of nitrogens with one attached hydrogen (secondary N) is 1. The molecule has 106 valence electrons. The molecule has 0 amide bonds. The third-order valence-electron chi connectivity index (χ3n) is 2.72. The molecule has 0 aliphatic rings. The Kier molecular flexibility index (Phi) is 5.38. The molecule has 4 heteroatoms. The smallest absolute Gasteiger partial charge is 0.219 e. The van der Waals surface area contributed by atoms with Crippen molar-refractivity contribution in [2.75, 3.05) is 13.2 Å². The van der Waals surface area contributed by atoms with E-state index in [0.717, 1.165) is 30.2 Å². The molecule has 1 aromatic heterocycles. The summed E-state index contributed by atoms with van der Waals surface area (Å²) in [5, 5.41) is 3.26. The normalized spacial score (nSPS) is 10.3. The second-order valence-electron chi connectivity index (χ2n) is 4.29. The minimum absolute atomic E-state index is 0.582. The van der Waals surface area contributed by atoms with Gasteiger partial charge in [0, 0.05) is 24.9 Å². The van der Waals surface area contributed by atoms with Crippen molar-refractivity contribution in [1.29, 1.82) is 0 Å². The first-order chi connectivity index (χ1) is 9.81. The predicted molar refractivity (Wildman–Crippen MR) is 79.3 cm³/mol. The van der Waals surface area contributed by atoms with Gasteiger partial charge >= 0.3 is 0 Å². The summed E-state index contributed by atoms with van der Waals surface area (Å²) in [7, 11) is 0. The minimum Gasteiger partial charge on any atom is -0.494 e. The second kappa shape index (κ2) is 7.50. The van der Waals surface area contributed by atoms with E-state index in [2.05, 4.69) is 17.2 Å². The number of aromatic nitrogens is 1. The van der Waals surface area contributed by atoms with Gasteiger partial charge in [-0.3, -0.25) is 0 Å². The monoisotopic (exact) mass is 272 g/mol. The number of pyridine rings is 1. The van der Waals surface area contributed by atoms with E-state index in [0.29, 0.717) is 12.5 Å². The molecule has 0 bridgehead atoms. The summed E-state index contributed by atoms with van der Waals surface area (Å²) in [5.74, 6) is 2.11. The molecule has 0 saturated heterocycles. The van der Waals surface area contributed by atoms with Crippen molar-refractivity contribution in [2.24, 2.45) is 0 Å². The first kappa shape index (κ1) is 14.3. The molecule has 0 fully saturated rings. The third-order valence-corrected chi connectivity index (χ3v) is 2.72. The van der Waals surface area contributed by atoms with E-state index >= 15 is 0 Å². The van der Waals surface area contributed by atoms with Crippen LogP contribution in [-0.2, 0) is 6.54 Å². The van der Waals surface area contributed by atoms with Gasteiger partial charge in [-0.2, -0.15) is 0 Å². The van der Waals surface area contributed by atoms with E-state index in [1.165, 1.54) is 0 Å². The zero-order valence-corrected chi connectivity index (χ0v) is 11.9. The van der Waals surface area contributed by atoms with Gasteiger partial charge < -0.3 is 14.8 Å². The fourth-order valence-electron chi connectivity index (χ4n) is 1.76. The van der Waals surface area contributed by atoms with Gasteiger partial charge in [-0.1, -0.05) is 19.1 Å². The predicted octanol–water partition coefficient (Wildman–Crippen LogP) is 3.38. The van der Waals surface area contributed by atoms with Gasteiger partial charge in [-0.25, -0.2) is 4.98 Å². The molecular formula is C16H20N2O2. The minimum atomic E-state index is 0.582. The molecule has 0 saturated carbocycles. The van der Waals surface area contributed by atoms with Gasteiger partial charge in [0.1, 0.15) is 11.5 Å². The van der Waals surface area contributed by atoms with Gasteiger partial charge in [0.05, 0.1) is 6.61 Å². The fraction of sp³-hybridized carbons (Fsp3) is 0.312. The molecule has 1 heterocycles. The Morgan fingerprint density at radius 2 is 1.95 bits per heavy atom. The highest BCUT2D eigenvalue weighted by Gasteiger charge is 2.01. The summed E-state index contributed by atoms with van der Waals surface area (Å²) in [4.78, 5) is 4.30. The zero-order chi connectivity index (χ0) is 14.2. The van der Waals surface area contributed by atoms with Crippen molar-refractivity contribution in [3.8, 4) is 17.4 Å². The van der Waals surface area contributed by atoms with Gasteiger partial charge in [0.25, 0.3) is 0 Å². The summed E-state index contributed by atoms with van der Waals surface area (Å²) >= 11 is 0. The highest BCUT2D eigenvalue weighted by molar-refractivity contribution is 5.35. The van der Waals surface area contributed by atoms with Gasteiger partial charge in [-0.15, -0.1) is 0 Å². The molecule has 1 N–H and O–H groups in total. The van der Waals surface area contributed by atoms with Crippen LogP contribution in [0.2, 0.25) is 0 Å². The molecule has 2 rings (SSSR count). The Hall–Kier alpha value is -2.07. The average Bonchev–Trinajstić information content (AvgIpc) is 2.47. The number of benzene rings is 1. The summed E-state index contributed by atoms with van der Waals surface area (Å²) in [6, 6.07) is 11.4.